The van der Waals surface area contributed by atoms with Gasteiger partial charge in [-0.25, -0.2) is 0 Å². The second-order valence-electron chi connectivity index (χ2n) is 6.78. The van der Waals surface area contributed by atoms with Gasteiger partial charge >= 0.3 is 0 Å². The standard InChI is InChI=1S/C22H25ClN2O2/c1-2-13-27-20-10-5-9-19(14-20)24-22(26)18-8-6-12-25(16-18)15-17-7-3-4-11-21(17)23/h2-5,7,9-11,14,18H,1,6,8,12-13,15-16H2,(H,24,26)/t18-/m0/s1. The molecule has 4 nitrogen and oxygen atoms in total. The first kappa shape index (κ1) is 19.5. The van der Waals surface area contributed by atoms with E-state index in [-0.39, 0.29) is 11.8 Å². The van der Waals surface area contributed by atoms with Gasteiger partial charge in [-0.1, -0.05) is 48.5 Å². The molecule has 2 aromatic rings. The third kappa shape index (κ3) is 5.59. The van der Waals surface area contributed by atoms with Crippen LogP contribution in [0.3, 0.4) is 0 Å². The van der Waals surface area contributed by atoms with Gasteiger partial charge < -0.3 is 10.1 Å². The third-order valence-corrected chi connectivity index (χ3v) is 5.07. The van der Waals surface area contributed by atoms with Gasteiger partial charge in [-0.15, -0.1) is 0 Å². The van der Waals surface area contributed by atoms with Crippen LogP contribution in [0.2, 0.25) is 5.02 Å². The van der Waals surface area contributed by atoms with Gasteiger partial charge in [0.05, 0.1) is 5.92 Å². The van der Waals surface area contributed by atoms with Gasteiger partial charge in [0.2, 0.25) is 5.91 Å². The number of carbonyl (C=O) groups is 1. The fraction of sp³-hybridized carbons (Fsp3) is 0.318. The Labute approximate surface area is 165 Å². The Morgan fingerprint density at radius 3 is 2.96 bits per heavy atom. The maximum absolute atomic E-state index is 12.7. The van der Waals surface area contributed by atoms with Crippen molar-refractivity contribution < 1.29 is 9.53 Å². The van der Waals surface area contributed by atoms with Crippen LogP contribution in [0.5, 0.6) is 5.75 Å². The van der Waals surface area contributed by atoms with Gasteiger partial charge in [-0.3, -0.25) is 9.69 Å². The fourth-order valence-corrected chi connectivity index (χ4v) is 3.54. The van der Waals surface area contributed by atoms with Gasteiger partial charge in [-0.05, 0) is 43.1 Å². The Hall–Kier alpha value is -2.30. The maximum Gasteiger partial charge on any atom is 0.228 e. The van der Waals surface area contributed by atoms with Crippen molar-refractivity contribution in [2.75, 3.05) is 25.0 Å². The number of likely N-dealkylation sites (tertiary alicyclic amines) is 1. The zero-order valence-corrected chi connectivity index (χ0v) is 16.1. The summed E-state index contributed by atoms with van der Waals surface area (Å²) in [6.07, 6.45) is 3.60. The number of carbonyl (C=O) groups excluding carboxylic acids is 1. The van der Waals surface area contributed by atoms with E-state index < -0.39 is 0 Å². The normalized spacial score (nSPS) is 17.3. The number of benzene rings is 2. The molecule has 1 aliphatic rings. The second kappa shape index (κ2) is 9.58. The molecule has 1 aliphatic heterocycles. The summed E-state index contributed by atoms with van der Waals surface area (Å²) in [6, 6.07) is 15.3. The highest BCUT2D eigenvalue weighted by Gasteiger charge is 2.26. The minimum Gasteiger partial charge on any atom is -0.489 e. The number of hydrogen-bond acceptors (Lipinski definition) is 3. The number of nitrogens with one attached hydrogen (secondary N) is 1. The number of amides is 1. The lowest BCUT2D eigenvalue weighted by Crippen LogP contribution is -2.40. The molecule has 2 aromatic carbocycles. The molecule has 142 valence electrons. The van der Waals surface area contributed by atoms with Crippen molar-refractivity contribution in [2.24, 2.45) is 5.92 Å². The molecule has 1 N–H and O–H groups in total. The van der Waals surface area contributed by atoms with Crippen LogP contribution in [-0.4, -0.2) is 30.5 Å². The molecule has 27 heavy (non-hydrogen) atoms. The summed E-state index contributed by atoms with van der Waals surface area (Å²) in [7, 11) is 0. The molecule has 1 atom stereocenters. The molecule has 0 unspecified atom stereocenters. The van der Waals surface area contributed by atoms with Crippen LogP contribution < -0.4 is 10.1 Å². The van der Waals surface area contributed by atoms with Crippen LogP contribution in [0, 0.1) is 5.92 Å². The van der Waals surface area contributed by atoms with Crippen molar-refractivity contribution in [1.29, 1.82) is 0 Å². The Kier molecular flexibility index (Phi) is 6.91. The first-order valence-corrected chi connectivity index (χ1v) is 9.64. The highest BCUT2D eigenvalue weighted by molar-refractivity contribution is 6.31. The predicted molar refractivity (Wildman–Crippen MR) is 110 cm³/mol. The summed E-state index contributed by atoms with van der Waals surface area (Å²) >= 11 is 6.28. The summed E-state index contributed by atoms with van der Waals surface area (Å²) in [5.74, 6) is 0.746. The molecule has 0 saturated carbocycles. The van der Waals surface area contributed by atoms with Gasteiger partial charge in [-0.2, -0.15) is 0 Å². The lowest BCUT2D eigenvalue weighted by molar-refractivity contribution is -0.121. The quantitative estimate of drug-likeness (QED) is 0.700. The lowest BCUT2D eigenvalue weighted by Gasteiger charge is -2.32. The van der Waals surface area contributed by atoms with E-state index in [2.05, 4.69) is 16.8 Å². The van der Waals surface area contributed by atoms with Gasteiger partial charge in [0.1, 0.15) is 12.4 Å². The summed E-state index contributed by atoms with van der Waals surface area (Å²) in [6.45, 7) is 6.58. The van der Waals surface area contributed by atoms with E-state index in [1.165, 1.54) is 0 Å². The number of halogens is 1. The fourth-order valence-electron chi connectivity index (χ4n) is 3.34. The van der Waals surface area contributed by atoms with E-state index in [0.29, 0.717) is 6.61 Å². The van der Waals surface area contributed by atoms with Crippen molar-refractivity contribution in [3.8, 4) is 5.75 Å². The summed E-state index contributed by atoms with van der Waals surface area (Å²) < 4.78 is 5.53. The largest absolute Gasteiger partial charge is 0.489 e. The maximum atomic E-state index is 12.7. The van der Waals surface area contributed by atoms with Crippen molar-refractivity contribution in [3.05, 3.63) is 71.8 Å². The molecule has 1 heterocycles. The molecule has 0 aliphatic carbocycles. The Morgan fingerprint density at radius 2 is 2.15 bits per heavy atom. The first-order chi connectivity index (χ1) is 13.2. The number of ether oxygens (including phenoxy) is 1. The second-order valence-corrected chi connectivity index (χ2v) is 7.19. The summed E-state index contributed by atoms with van der Waals surface area (Å²) in [5, 5.41) is 3.80. The highest BCUT2D eigenvalue weighted by Crippen LogP contribution is 2.24. The summed E-state index contributed by atoms with van der Waals surface area (Å²) in [4.78, 5) is 15.0. The molecular weight excluding hydrogens is 360 g/mol. The molecule has 0 bridgehead atoms. The molecule has 3 rings (SSSR count). The van der Waals surface area contributed by atoms with E-state index >= 15 is 0 Å². The van der Waals surface area contributed by atoms with Crippen molar-refractivity contribution >= 4 is 23.2 Å². The van der Waals surface area contributed by atoms with E-state index in [0.717, 1.165) is 54.5 Å². The van der Waals surface area contributed by atoms with E-state index in [1.807, 2.05) is 48.5 Å². The SMILES string of the molecule is C=CCOc1cccc(NC(=O)[C@H]2CCCN(Cc3ccccc3Cl)C2)c1. The van der Waals surface area contributed by atoms with Crippen molar-refractivity contribution in [2.45, 2.75) is 19.4 Å². The highest BCUT2D eigenvalue weighted by atomic mass is 35.5. The number of rotatable bonds is 7. The van der Waals surface area contributed by atoms with E-state index in [4.69, 9.17) is 16.3 Å². The Morgan fingerprint density at radius 1 is 1.30 bits per heavy atom. The smallest absolute Gasteiger partial charge is 0.228 e. The van der Waals surface area contributed by atoms with E-state index in [9.17, 15) is 4.79 Å². The molecule has 1 amide bonds. The summed E-state index contributed by atoms with van der Waals surface area (Å²) in [5.41, 5.74) is 1.86. The number of hydrogen-bond donors (Lipinski definition) is 1. The average molecular weight is 385 g/mol. The zero-order valence-electron chi connectivity index (χ0n) is 15.4. The average Bonchev–Trinajstić information content (AvgIpc) is 2.69. The van der Waals surface area contributed by atoms with Crippen molar-refractivity contribution in [3.63, 3.8) is 0 Å². The molecule has 0 radical (unpaired) electrons. The number of piperidine rings is 1. The number of nitrogens with zero attached hydrogens (tertiary/aromatic N) is 1. The van der Waals surface area contributed by atoms with Crippen LogP contribution in [0.25, 0.3) is 0 Å². The molecule has 1 saturated heterocycles. The van der Waals surface area contributed by atoms with Crippen LogP contribution in [0.4, 0.5) is 5.69 Å². The third-order valence-electron chi connectivity index (χ3n) is 4.70. The topological polar surface area (TPSA) is 41.6 Å². The molecular formula is C22H25ClN2O2. The lowest BCUT2D eigenvalue weighted by atomic mass is 9.96. The van der Waals surface area contributed by atoms with E-state index in [1.54, 1.807) is 6.08 Å². The van der Waals surface area contributed by atoms with Gasteiger partial charge in [0, 0.05) is 29.9 Å². The van der Waals surface area contributed by atoms with Crippen LogP contribution in [-0.2, 0) is 11.3 Å². The molecule has 1 fully saturated rings. The minimum atomic E-state index is -0.0287. The molecule has 0 spiro atoms. The van der Waals surface area contributed by atoms with Crippen LogP contribution >= 0.6 is 11.6 Å². The Balaban J connectivity index is 1.58. The monoisotopic (exact) mass is 384 g/mol. The predicted octanol–water partition coefficient (Wildman–Crippen LogP) is 4.76. The van der Waals surface area contributed by atoms with Gasteiger partial charge in [0.25, 0.3) is 0 Å². The molecule has 0 aromatic heterocycles. The zero-order chi connectivity index (χ0) is 19.1. The first-order valence-electron chi connectivity index (χ1n) is 9.26. The number of anilines is 1. The van der Waals surface area contributed by atoms with Gasteiger partial charge in [0.15, 0.2) is 0 Å². The molecule has 5 heteroatoms. The van der Waals surface area contributed by atoms with Crippen LogP contribution in [0.1, 0.15) is 18.4 Å². The minimum absolute atomic E-state index is 0.0287. The Bertz CT molecular complexity index is 793. The van der Waals surface area contributed by atoms with Crippen molar-refractivity contribution in [1.82, 2.24) is 4.90 Å². The van der Waals surface area contributed by atoms with Crippen LogP contribution in [0.15, 0.2) is 61.2 Å².